The topological polar surface area (TPSA) is 21.6 Å². The molecule has 1 aromatic carbocycles. The van der Waals surface area contributed by atoms with Crippen LogP contribution >= 0.6 is 0 Å². The Bertz CT molecular complexity index is 318. The Balaban J connectivity index is 2.02. The molecule has 1 unspecified atom stereocenters. The molecule has 0 N–H and O–H groups in total. The number of nitrogens with zero attached hydrogens (tertiary/aromatic N) is 1. The summed E-state index contributed by atoms with van der Waals surface area (Å²) in [5.74, 6) is 0. The van der Waals surface area contributed by atoms with Crippen LogP contribution in [0.15, 0.2) is 35.5 Å². The fourth-order valence-corrected chi connectivity index (χ4v) is 1.71. The van der Waals surface area contributed by atoms with Gasteiger partial charge in [-0.15, -0.1) is 0 Å². The molecule has 1 heterocycles. The molecule has 0 aromatic heterocycles. The van der Waals surface area contributed by atoms with Crippen LogP contribution in [0.3, 0.4) is 0 Å². The minimum absolute atomic E-state index is 0.301. The molecule has 14 heavy (non-hydrogen) atoms. The van der Waals surface area contributed by atoms with Gasteiger partial charge in [0.05, 0.1) is 5.71 Å². The molecule has 0 radical (unpaired) electrons. The van der Waals surface area contributed by atoms with Crippen molar-refractivity contribution in [1.82, 2.24) is 0 Å². The first-order valence-corrected chi connectivity index (χ1v) is 5.18. The van der Waals surface area contributed by atoms with E-state index in [2.05, 4.69) is 24.2 Å². The zero-order valence-corrected chi connectivity index (χ0v) is 8.44. The van der Waals surface area contributed by atoms with Gasteiger partial charge in [-0.05, 0) is 12.0 Å². The van der Waals surface area contributed by atoms with E-state index in [1.54, 1.807) is 0 Å². The number of hydrogen-bond acceptors (Lipinski definition) is 2. The zero-order valence-electron chi connectivity index (χ0n) is 8.44. The normalized spacial score (nSPS) is 20.4. The van der Waals surface area contributed by atoms with Crippen LogP contribution in [-0.2, 0) is 4.84 Å². The second-order valence-electron chi connectivity index (χ2n) is 3.62. The molecule has 0 bridgehead atoms. The highest BCUT2D eigenvalue weighted by Gasteiger charge is 2.20. The van der Waals surface area contributed by atoms with Gasteiger partial charge in [-0.2, -0.15) is 0 Å². The van der Waals surface area contributed by atoms with E-state index in [1.807, 2.05) is 18.2 Å². The molecule has 0 spiro atoms. The summed E-state index contributed by atoms with van der Waals surface area (Å²) in [6.45, 7) is 2.17. The van der Waals surface area contributed by atoms with Gasteiger partial charge in [0.1, 0.15) is 6.10 Å². The van der Waals surface area contributed by atoms with E-state index in [9.17, 15) is 0 Å². The van der Waals surface area contributed by atoms with Crippen molar-refractivity contribution in [2.75, 3.05) is 0 Å². The molecule has 1 atom stereocenters. The van der Waals surface area contributed by atoms with Crippen LogP contribution in [0.4, 0.5) is 0 Å². The number of benzene rings is 1. The quantitative estimate of drug-likeness (QED) is 0.716. The summed E-state index contributed by atoms with van der Waals surface area (Å²) in [5.41, 5.74) is 2.27. The monoisotopic (exact) mass is 189 g/mol. The van der Waals surface area contributed by atoms with Crippen molar-refractivity contribution in [3.05, 3.63) is 35.9 Å². The van der Waals surface area contributed by atoms with Crippen LogP contribution in [0.2, 0.25) is 0 Å². The van der Waals surface area contributed by atoms with Crippen molar-refractivity contribution in [1.29, 1.82) is 0 Å². The number of oxime groups is 1. The van der Waals surface area contributed by atoms with Gasteiger partial charge in [0.2, 0.25) is 0 Å². The first-order valence-electron chi connectivity index (χ1n) is 5.18. The van der Waals surface area contributed by atoms with Crippen LogP contribution in [0.5, 0.6) is 0 Å². The molecule has 2 nitrogen and oxygen atoms in total. The third-order valence-electron chi connectivity index (χ3n) is 2.45. The van der Waals surface area contributed by atoms with Gasteiger partial charge in [-0.3, -0.25) is 0 Å². The van der Waals surface area contributed by atoms with Gasteiger partial charge in [0, 0.05) is 6.42 Å². The minimum atomic E-state index is 0.301. The molecular formula is C12H15NO. The first-order chi connectivity index (χ1) is 6.90. The van der Waals surface area contributed by atoms with E-state index < -0.39 is 0 Å². The fraction of sp³-hybridized carbons (Fsp3) is 0.417. The van der Waals surface area contributed by atoms with E-state index in [4.69, 9.17) is 4.84 Å². The first kappa shape index (κ1) is 9.25. The Labute approximate surface area is 84.6 Å². The van der Waals surface area contributed by atoms with Gasteiger partial charge in [-0.25, -0.2) is 0 Å². The summed E-state index contributed by atoms with van der Waals surface area (Å²) in [6.07, 6.45) is 3.51. The molecular weight excluding hydrogens is 174 g/mol. The average molecular weight is 189 g/mol. The van der Waals surface area contributed by atoms with Crippen LogP contribution in [0.1, 0.15) is 31.7 Å². The maximum atomic E-state index is 5.35. The summed E-state index contributed by atoms with van der Waals surface area (Å²) >= 11 is 0. The van der Waals surface area contributed by atoms with Crippen molar-refractivity contribution >= 4 is 5.71 Å². The summed E-state index contributed by atoms with van der Waals surface area (Å²) in [5, 5.41) is 4.12. The molecule has 1 aromatic rings. The van der Waals surface area contributed by atoms with Crippen molar-refractivity contribution in [2.45, 2.75) is 32.3 Å². The molecule has 0 amide bonds. The van der Waals surface area contributed by atoms with E-state index in [0.717, 1.165) is 25.0 Å². The summed E-state index contributed by atoms with van der Waals surface area (Å²) in [7, 11) is 0. The molecule has 1 aliphatic heterocycles. The Morgan fingerprint density at radius 3 is 2.86 bits per heavy atom. The Morgan fingerprint density at radius 1 is 1.36 bits per heavy atom. The van der Waals surface area contributed by atoms with Crippen LogP contribution in [-0.4, -0.2) is 11.8 Å². The van der Waals surface area contributed by atoms with Crippen molar-refractivity contribution in [3.63, 3.8) is 0 Å². The summed E-state index contributed by atoms with van der Waals surface area (Å²) < 4.78 is 0. The predicted octanol–water partition coefficient (Wildman–Crippen LogP) is 2.98. The van der Waals surface area contributed by atoms with Gasteiger partial charge in [0.15, 0.2) is 0 Å². The van der Waals surface area contributed by atoms with Gasteiger partial charge in [0.25, 0.3) is 0 Å². The summed E-state index contributed by atoms with van der Waals surface area (Å²) in [6, 6.07) is 10.2. The van der Waals surface area contributed by atoms with Crippen LogP contribution < -0.4 is 0 Å². The third-order valence-corrected chi connectivity index (χ3v) is 2.45. The van der Waals surface area contributed by atoms with Gasteiger partial charge >= 0.3 is 0 Å². The third kappa shape index (κ3) is 1.95. The number of hydrogen-bond donors (Lipinski definition) is 0. The van der Waals surface area contributed by atoms with E-state index in [1.165, 1.54) is 5.56 Å². The SMILES string of the molecule is CCCC1CC(c2ccccc2)=NO1. The molecule has 2 heteroatoms. The standard InChI is InChI=1S/C12H15NO/c1-2-6-11-9-12(13-14-11)10-7-4-3-5-8-10/h3-5,7-8,11H,2,6,9H2,1H3. The second-order valence-corrected chi connectivity index (χ2v) is 3.62. The lowest BCUT2D eigenvalue weighted by atomic mass is 10.0. The average Bonchev–Trinajstić information content (AvgIpc) is 2.68. The van der Waals surface area contributed by atoms with Crippen LogP contribution in [0, 0.1) is 0 Å². The molecule has 0 saturated carbocycles. The number of rotatable bonds is 3. The maximum Gasteiger partial charge on any atom is 0.133 e. The van der Waals surface area contributed by atoms with Gasteiger partial charge in [-0.1, -0.05) is 48.8 Å². The van der Waals surface area contributed by atoms with Crippen molar-refractivity contribution in [3.8, 4) is 0 Å². The summed E-state index contributed by atoms with van der Waals surface area (Å²) in [4.78, 5) is 5.35. The highest BCUT2D eigenvalue weighted by Crippen LogP contribution is 2.19. The molecule has 0 saturated heterocycles. The predicted molar refractivity (Wildman–Crippen MR) is 57.4 cm³/mol. The highest BCUT2D eigenvalue weighted by atomic mass is 16.6. The fourth-order valence-electron chi connectivity index (χ4n) is 1.71. The lowest BCUT2D eigenvalue weighted by Gasteiger charge is -2.04. The Morgan fingerprint density at radius 2 is 2.14 bits per heavy atom. The lowest BCUT2D eigenvalue weighted by Crippen LogP contribution is -2.07. The Kier molecular flexibility index (Phi) is 2.82. The van der Waals surface area contributed by atoms with Gasteiger partial charge < -0.3 is 4.84 Å². The van der Waals surface area contributed by atoms with E-state index in [-0.39, 0.29) is 0 Å². The maximum absolute atomic E-state index is 5.35. The van der Waals surface area contributed by atoms with E-state index >= 15 is 0 Å². The van der Waals surface area contributed by atoms with Crippen LogP contribution in [0.25, 0.3) is 0 Å². The lowest BCUT2D eigenvalue weighted by molar-refractivity contribution is 0.0786. The molecule has 74 valence electrons. The van der Waals surface area contributed by atoms with Crippen molar-refractivity contribution in [2.24, 2.45) is 5.16 Å². The minimum Gasteiger partial charge on any atom is -0.392 e. The largest absolute Gasteiger partial charge is 0.392 e. The van der Waals surface area contributed by atoms with Crippen molar-refractivity contribution < 1.29 is 4.84 Å². The van der Waals surface area contributed by atoms with E-state index in [0.29, 0.717) is 6.10 Å². The smallest absolute Gasteiger partial charge is 0.133 e. The second kappa shape index (κ2) is 4.27. The molecule has 1 aliphatic rings. The molecule has 2 rings (SSSR count). The highest BCUT2D eigenvalue weighted by molar-refractivity contribution is 6.01. The zero-order chi connectivity index (χ0) is 9.80. The Hall–Kier alpha value is -1.31. The molecule has 0 aliphatic carbocycles. The molecule has 0 fully saturated rings.